The van der Waals surface area contributed by atoms with Gasteiger partial charge in [-0.3, -0.25) is 34.9 Å². The van der Waals surface area contributed by atoms with E-state index < -0.39 is 0 Å². The van der Waals surface area contributed by atoms with Gasteiger partial charge in [0.15, 0.2) is 0 Å². The van der Waals surface area contributed by atoms with Gasteiger partial charge >= 0.3 is 0 Å². The Balaban J connectivity index is 0.000000432. The van der Waals surface area contributed by atoms with E-state index in [4.69, 9.17) is 0 Å². The molecule has 0 aromatic heterocycles. The minimum absolute atomic E-state index is 0.000509. The second-order valence-electron chi connectivity index (χ2n) is 23.2. The molecule has 6 aliphatic heterocycles. The minimum atomic E-state index is -0.0932. The zero-order valence-corrected chi connectivity index (χ0v) is 51.0. The summed E-state index contributed by atoms with van der Waals surface area (Å²) in [5.41, 5.74) is 11.8. The van der Waals surface area contributed by atoms with Crippen LogP contribution >= 0.6 is 0 Å². The molecule has 0 amide bonds. The molecule has 12 nitrogen and oxygen atoms in total. The smallest absolute Gasteiger partial charge is 0.0750 e. The highest BCUT2D eigenvalue weighted by molar-refractivity contribution is 6.43. The van der Waals surface area contributed by atoms with E-state index in [0.717, 1.165) is 113 Å². The summed E-state index contributed by atoms with van der Waals surface area (Å²) >= 11 is 0. The van der Waals surface area contributed by atoms with E-state index >= 15 is 0 Å². The Bertz CT molecular complexity index is 1940. The molecule has 0 spiro atoms. The zero-order chi connectivity index (χ0) is 55.1. The average molecular weight is 999 g/mol. The normalized spacial score (nSPS) is 24.9. The van der Waals surface area contributed by atoms with E-state index in [9.17, 15) is 0 Å². The van der Waals surface area contributed by atoms with Gasteiger partial charge in [0.25, 0.3) is 0 Å². The second kappa shape index (κ2) is 30.6. The molecule has 1 saturated heterocycles. The quantitative estimate of drug-likeness (QED) is 0.224. The van der Waals surface area contributed by atoms with Crippen LogP contribution in [-0.4, -0.2) is 119 Å². The van der Waals surface area contributed by atoms with Crippen LogP contribution in [-0.2, 0) is 0 Å². The molecule has 0 aromatic rings. The molecule has 0 aromatic carbocycles. The van der Waals surface area contributed by atoms with Gasteiger partial charge in [0.2, 0.25) is 0 Å². The van der Waals surface area contributed by atoms with E-state index in [2.05, 4.69) is 214 Å². The molecule has 0 bridgehead atoms. The van der Waals surface area contributed by atoms with Gasteiger partial charge in [0, 0.05) is 53.4 Å². The standard InChI is InChI=1S/C10H22N2.2C10H18N2.3C10H17N2/c6*1-5-8-9(6-2)12-10(3,4)7-11-8/h8-9,11-12H,5-7H2,1-4H3;2*5-7H2,1-4H3;7H,5-6H2,1-4H3;6H,5,7H2,1-4H3;5H,6-7H2,1-4H3/q;;;3*-1/b;;;;9-6-;8-5-. The van der Waals surface area contributed by atoms with Crippen molar-refractivity contribution < 1.29 is 0 Å². The molecule has 6 rings (SSSR count). The molecule has 2 unspecified atom stereocenters. The number of nitrogens with one attached hydrogen (secondary N) is 2. The van der Waals surface area contributed by atoms with Crippen LogP contribution in [0.3, 0.4) is 0 Å². The minimum Gasteiger partial charge on any atom is -0.681 e. The van der Waals surface area contributed by atoms with Crippen LogP contribution in [0.15, 0.2) is 69.9 Å². The predicted molar refractivity (Wildman–Crippen MR) is 323 cm³/mol. The summed E-state index contributed by atoms with van der Waals surface area (Å²) < 4.78 is 0. The van der Waals surface area contributed by atoms with Gasteiger partial charge in [-0.2, -0.15) is 0 Å². The largest absolute Gasteiger partial charge is 0.681 e. The highest BCUT2D eigenvalue weighted by Gasteiger charge is 2.31. The van der Waals surface area contributed by atoms with Crippen molar-refractivity contribution in [2.75, 3.05) is 32.7 Å². The Morgan fingerprint density at radius 2 is 0.972 bits per heavy atom. The zero-order valence-electron chi connectivity index (χ0n) is 51.0. The summed E-state index contributed by atoms with van der Waals surface area (Å²) in [5.74, 6) is 0. The molecule has 72 heavy (non-hydrogen) atoms. The van der Waals surface area contributed by atoms with Gasteiger partial charge in [-0.25, -0.2) is 0 Å². The lowest BCUT2D eigenvalue weighted by atomic mass is 9.92. The van der Waals surface area contributed by atoms with Crippen molar-refractivity contribution in [3.63, 3.8) is 0 Å². The Morgan fingerprint density at radius 3 is 1.39 bits per heavy atom. The number of aliphatic imine (C=N–C) groups is 7. The summed E-state index contributed by atoms with van der Waals surface area (Å²) in [7, 11) is 0. The monoisotopic (exact) mass is 998 g/mol. The first-order valence-electron chi connectivity index (χ1n) is 28.1. The van der Waals surface area contributed by atoms with Crippen LogP contribution in [0.1, 0.15) is 230 Å². The molecule has 6 aliphatic rings. The lowest BCUT2D eigenvalue weighted by Crippen LogP contribution is -2.65. The van der Waals surface area contributed by atoms with E-state index in [-0.39, 0.29) is 33.2 Å². The van der Waals surface area contributed by atoms with Crippen LogP contribution in [0.25, 0.3) is 16.0 Å². The first-order chi connectivity index (χ1) is 33.5. The molecule has 412 valence electrons. The second-order valence-corrected chi connectivity index (χ2v) is 23.2. The first kappa shape index (κ1) is 66.2. The number of nitrogens with zero attached hydrogens (tertiary/aromatic N) is 10. The van der Waals surface area contributed by atoms with Crippen LogP contribution in [0.4, 0.5) is 0 Å². The Kier molecular flexibility index (Phi) is 28.1. The molecule has 6 heterocycles. The summed E-state index contributed by atoms with van der Waals surface area (Å²) in [6.07, 6.45) is 16.5. The van der Waals surface area contributed by atoms with Crippen molar-refractivity contribution in [2.45, 2.75) is 276 Å². The summed E-state index contributed by atoms with van der Waals surface area (Å²) in [5, 5.41) is 21.0. The topological polar surface area (TPSA) is 153 Å². The van der Waals surface area contributed by atoms with E-state index in [1.54, 1.807) is 0 Å². The molecule has 2 atom stereocenters. The van der Waals surface area contributed by atoms with Crippen molar-refractivity contribution in [2.24, 2.45) is 34.9 Å². The Labute approximate surface area is 443 Å². The maximum absolute atomic E-state index is 4.67. The van der Waals surface area contributed by atoms with Crippen molar-refractivity contribution in [3.8, 4) is 0 Å². The number of piperazine rings is 1. The highest BCUT2D eigenvalue weighted by atomic mass is 15.1. The van der Waals surface area contributed by atoms with Gasteiger partial charge in [-0.15, -0.1) is 35.8 Å². The average Bonchev–Trinajstić information content (AvgIpc) is 3.33. The molecular formula is C60H109N12-3. The lowest BCUT2D eigenvalue weighted by molar-refractivity contribution is 0.200. The lowest BCUT2D eigenvalue weighted by Gasteiger charge is -2.46. The summed E-state index contributed by atoms with van der Waals surface area (Å²) in [4.78, 5) is 32.0. The number of rotatable bonds is 10. The molecule has 1 fully saturated rings. The van der Waals surface area contributed by atoms with Crippen molar-refractivity contribution >= 4 is 40.5 Å². The predicted octanol–water partition coefficient (Wildman–Crippen LogP) is 15.5. The van der Waals surface area contributed by atoms with Gasteiger partial charge < -0.3 is 26.6 Å². The van der Waals surface area contributed by atoms with Crippen molar-refractivity contribution in [1.29, 1.82) is 0 Å². The van der Waals surface area contributed by atoms with E-state index in [1.165, 1.54) is 41.4 Å². The number of hydrogen-bond acceptors (Lipinski definition) is 9. The fraction of sp³-hybridized carbons (Fsp3) is 0.783. The van der Waals surface area contributed by atoms with Crippen LogP contribution in [0, 0.1) is 0 Å². The third-order valence-corrected chi connectivity index (χ3v) is 12.9. The fourth-order valence-electron chi connectivity index (χ4n) is 8.88. The molecular weight excluding hydrogens is 889 g/mol. The molecule has 2 N–H and O–H groups in total. The van der Waals surface area contributed by atoms with Gasteiger partial charge in [0.05, 0.1) is 47.0 Å². The van der Waals surface area contributed by atoms with Gasteiger partial charge in [-0.05, 0) is 140 Å². The van der Waals surface area contributed by atoms with Crippen molar-refractivity contribution in [3.05, 3.63) is 50.9 Å². The fourth-order valence-corrected chi connectivity index (χ4v) is 8.88. The van der Waals surface area contributed by atoms with Crippen LogP contribution < -0.4 is 10.6 Å². The summed E-state index contributed by atoms with van der Waals surface area (Å²) in [6, 6.07) is 1.32. The molecule has 0 aliphatic carbocycles. The van der Waals surface area contributed by atoms with Gasteiger partial charge in [-0.1, -0.05) is 108 Å². The molecule has 12 heteroatoms. The van der Waals surface area contributed by atoms with E-state index in [1.807, 2.05) is 32.2 Å². The van der Waals surface area contributed by atoms with Crippen molar-refractivity contribution in [1.82, 2.24) is 10.6 Å². The Morgan fingerprint density at radius 1 is 0.514 bits per heavy atom. The number of hydrogen-bond donors (Lipinski definition) is 2. The summed E-state index contributed by atoms with van der Waals surface area (Å²) in [6.45, 7) is 55.7. The maximum Gasteiger partial charge on any atom is 0.0750 e. The third kappa shape index (κ3) is 23.2. The third-order valence-electron chi connectivity index (χ3n) is 12.9. The molecule has 0 saturated carbocycles. The SMILES string of the molecule is C/C=C1\[N-]C(C)(C)CN=C1CC.C/C=C1\[N-]CC(C)(C)N=C1CC.CCC1=C(CC)[N-]C(C)(C)C=N1.CCC1=NCC(C)(C)N=C1CC.CCC1=NCC(C)(C)N=C1CC.CCC1NCC(C)(C)NC1CC. The maximum atomic E-state index is 4.67. The molecule has 0 radical (unpaired) electrons. The number of allylic oxidation sites excluding steroid dienone is 6. The van der Waals surface area contributed by atoms with Crippen LogP contribution in [0.5, 0.6) is 0 Å². The van der Waals surface area contributed by atoms with Crippen LogP contribution in [0.2, 0.25) is 0 Å². The Hall–Kier alpha value is -3.77. The van der Waals surface area contributed by atoms with E-state index in [0.29, 0.717) is 12.1 Å². The first-order valence-corrected chi connectivity index (χ1v) is 28.1. The highest BCUT2D eigenvalue weighted by Crippen LogP contribution is 2.32. The van der Waals surface area contributed by atoms with Gasteiger partial charge in [0.1, 0.15) is 0 Å².